The van der Waals surface area contributed by atoms with Gasteiger partial charge in [0.05, 0.1) is 0 Å². The van der Waals surface area contributed by atoms with E-state index in [0.717, 1.165) is 36.9 Å². The molecule has 0 radical (unpaired) electrons. The summed E-state index contributed by atoms with van der Waals surface area (Å²) in [4.78, 5) is 11.9. The number of carbonyl (C=O) groups is 1. The monoisotopic (exact) mass is 231 g/mol. The highest BCUT2D eigenvalue weighted by atomic mass is 16.1. The Kier molecular flexibility index (Phi) is 6.08. The van der Waals surface area contributed by atoms with Gasteiger partial charge in [0.25, 0.3) is 0 Å². The van der Waals surface area contributed by atoms with E-state index in [1.807, 2.05) is 43.3 Å². The molecule has 0 aliphatic heterocycles. The van der Waals surface area contributed by atoms with Gasteiger partial charge in [0.2, 0.25) is 5.91 Å². The van der Waals surface area contributed by atoms with Crippen LogP contribution >= 0.6 is 0 Å². The summed E-state index contributed by atoms with van der Waals surface area (Å²) < 4.78 is 0. The summed E-state index contributed by atoms with van der Waals surface area (Å²) >= 11 is 0. The van der Waals surface area contributed by atoms with Crippen LogP contribution in [0.15, 0.2) is 35.9 Å². The SMILES string of the molecule is CCCCNC(=O)/C(=C/c1ccccc1)CC. The van der Waals surface area contributed by atoms with Crippen LogP contribution in [0.5, 0.6) is 0 Å². The zero-order chi connectivity index (χ0) is 12.5. The fourth-order valence-electron chi connectivity index (χ4n) is 1.57. The number of unbranched alkanes of at least 4 members (excludes halogenated alkanes) is 1. The van der Waals surface area contributed by atoms with Crippen molar-refractivity contribution in [3.05, 3.63) is 41.5 Å². The Morgan fingerprint density at radius 3 is 2.53 bits per heavy atom. The van der Waals surface area contributed by atoms with Gasteiger partial charge in [-0.05, 0) is 24.5 Å². The first kappa shape index (κ1) is 13.5. The van der Waals surface area contributed by atoms with Crippen LogP contribution in [0.3, 0.4) is 0 Å². The second-order valence-corrected chi connectivity index (χ2v) is 4.04. The van der Waals surface area contributed by atoms with Crippen LogP contribution in [0.25, 0.3) is 6.08 Å². The van der Waals surface area contributed by atoms with E-state index >= 15 is 0 Å². The maximum Gasteiger partial charge on any atom is 0.247 e. The molecule has 0 atom stereocenters. The first-order valence-corrected chi connectivity index (χ1v) is 6.31. The minimum absolute atomic E-state index is 0.0600. The van der Waals surface area contributed by atoms with Crippen molar-refractivity contribution in [3.63, 3.8) is 0 Å². The number of hydrogen-bond donors (Lipinski definition) is 1. The molecule has 1 N–H and O–H groups in total. The highest BCUT2D eigenvalue weighted by Crippen LogP contribution is 2.09. The predicted molar refractivity (Wildman–Crippen MR) is 72.6 cm³/mol. The Labute approximate surface area is 104 Å². The zero-order valence-corrected chi connectivity index (χ0v) is 10.7. The molecule has 0 fully saturated rings. The van der Waals surface area contributed by atoms with Crippen LogP contribution in [0.4, 0.5) is 0 Å². The number of hydrogen-bond acceptors (Lipinski definition) is 1. The minimum Gasteiger partial charge on any atom is -0.352 e. The summed E-state index contributed by atoms with van der Waals surface area (Å²) in [6, 6.07) is 9.95. The minimum atomic E-state index is 0.0600. The summed E-state index contributed by atoms with van der Waals surface area (Å²) in [5.74, 6) is 0.0600. The highest BCUT2D eigenvalue weighted by molar-refractivity contribution is 5.97. The fourth-order valence-corrected chi connectivity index (χ4v) is 1.57. The second kappa shape index (κ2) is 7.66. The maximum atomic E-state index is 11.9. The Balaban J connectivity index is 2.64. The van der Waals surface area contributed by atoms with E-state index in [1.54, 1.807) is 0 Å². The summed E-state index contributed by atoms with van der Waals surface area (Å²) in [5.41, 5.74) is 1.92. The van der Waals surface area contributed by atoms with Crippen molar-refractivity contribution in [2.24, 2.45) is 0 Å². The molecule has 0 unspecified atom stereocenters. The molecule has 92 valence electrons. The van der Waals surface area contributed by atoms with Gasteiger partial charge in [0.15, 0.2) is 0 Å². The standard InChI is InChI=1S/C15H21NO/c1-3-5-11-16-15(17)14(4-2)12-13-9-7-6-8-10-13/h6-10,12H,3-5,11H2,1-2H3,(H,16,17)/b14-12+. The van der Waals surface area contributed by atoms with Crippen molar-refractivity contribution in [2.45, 2.75) is 33.1 Å². The van der Waals surface area contributed by atoms with Crippen molar-refractivity contribution in [2.75, 3.05) is 6.54 Å². The Bertz CT molecular complexity index is 368. The number of carbonyl (C=O) groups excluding carboxylic acids is 1. The third-order valence-electron chi connectivity index (χ3n) is 2.63. The van der Waals surface area contributed by atoms with E-state index in [9.17, 15) is 4.79 Å². The van der Waals surface area contributed by atoms with Gasteiger partial charge in [-0.3, -0.25) is 4.79 Å². The van der Waals surface area contributed by atoms with Crippen LogP contribution < -0.4 is 5.32 Å². The molecule has 0 saturated heterocycles. The largest absolute Gasteiger partial charge is 0.352 e. The molecule has 0 heterocycles. The summed E-state index contributed by atoms with van der Waals surface area (Å²) in [6.45, 7) is 4.89. The molecule has 1 aromatic carbocycles. The van der Waals surface area contributed by atoms with Crippen molar-refractivity contribution >= 4 is 12.0 Å². The van der Waals surface area contributed by atoms with Crippen molar-refractivity contribution in [1.29, 1.82) is 0 Å². The number of nitrogens with one attached hydrogen (secondary N) is 1. The van der Waals surface area contributed by atoms with Crippen molar-refractivity contribution < 1.29 is 4.79 Å². The topological polar surface area (TPSA) is 29.1 Å². The van der Waals surface area contributed by atoms with Crippen LogP contribution in [0, 0.1) is 0 Å². The van der Waals surface area contributed by atoms with Gasteiger partial charge in [0.1, 0.15) is 0 Å². The van der Waals surface area contributed by atoms with Crippen LogP contribution in [0.2, 0.25) is 0 Å². The first-order valence-electron chi connectivity index (χ1n) is 6.31. The average Bonchev–Trinajstić information content (AvgIpc) is 2.37. The van der Waals surface area contributed by atoms with Crippen molar-refractivity contribution in [3.8, 4) is 0 Å². The number of rotatable bonds is 6. The van der Waals surface area contributed by atoms with Crippen LogP contribution in [0.1, 0.15) is 38.7 Å². The molecular formula is C15H21NO. The van der Waals surface area contributed by atoms with Crippen LogP contribution in [-0.2, 0) is 4.79 Å². The molecule has 0 bridgehead atoms. The van der Waals surface area contributed by atoms with Gasteiger partial charge in [-0.2, -0.15) is 0 Å². The Hall–Kier alpha value is -1.57. The van der Waals surface area contributed by atoms with Gasteiger partial charge in [0, 0.05) is 12.1 Å². The van der Waals surface area contributed by atoms with E-state index in [1.165, 1.54) is 0 Å². The van der Waals surface area contributed by atoms with Gasteiger partial charge in [-0.15, -0.1) is 0 Å². The van der Waals surface area contributed by atoms with E-state index in [4.69, 9.17) is 0 Å². The lowest BCUT2D eigenvalue weighted by Crippen LogP contribution is -2.25. The van der Waals surface area contributed by atoms with E-state index in [-0.39, 0.29) is 5.91 Å². The lowest BCUT2D eigenvalue weighted by atomic mass is 10.1. The molecule has 0 saturated carbocycles. The molecular weight excluding hydrogens is 210 g/mol. The normalized spacial score (nSPS) is 11.3. The molecule has 2 nitrogen and oxygen atoms in total. The zero-order valence-electron chi connectivity index (χ0n) is 10.7. The molecule has 1 rings (SSSR count). The van der Waals surface area contributed by atoms with E-state index in [2.05, 4.69) is 12.2 Å². The number of amides is 1. The summed E-state index contributed by atoms with van der Waals surface area (Å²) in [6.07, 6.45) is 4.85. The Morgan fingerprint density at radius 2 is 1.94 bits per heavy atom. The molecule has 0 aliphatic rings. The van der Waals surface area contributed by atoms with Gasteiger partial charge in [-0.1, -0.05) is 50.6 Å². The maximum absolute atomic E-state index is 11.9. The quantitative estimate of drug-likeness (QED) is 0.590. The first-order chi connectivity index (χ1) is 8.27. The van der Waals surface area contributed by atoms with Gasteiger partial charge in [-0.25, -0.2) is 0 Å². The molecule has 1 amide bonds. The fraction of sp³-hybridized carbons (Fsp3) is 0.400. The third-order valence-corrected chi connectivity index (χ3v) is 2.63. The molecule has 2 heteroatoms. The second-order valence-electron chi connectivity index (χ2n) is 4.04. The average molecular weight is 231 g/mol. The molecule has 0 aromatic heterocycles. The molecule has 0 spiro atoms. The third kappa shape index (κ3) is 4.85. The van der Waals surface area contributed by atoms with E-state index < -0.39 is 0 Å². The lowest BCUT2D eigenvalue weighted by molar-refractivity contribution is -0.117. The van der Waals surface area contributed by atoms with Crippen LogP contribution in [-0.4, -0.2) is 12.5 Å². The summed E-state index contributed by atoms with van der Waals surface area (Å²) in [7, 11) is 0. The number of benzene rings is 1. The van der Waals surface area contributed by atoms with Gasteiger partial charge >= 0.3 is 0 Å². The molecule has 0 aliphatic carbocycles. The predicted octanol–water partition coefficient (Wildman–Crippen LogP) is 3.40. The highest BCUT2D eigenvalue weighted by Gasteiger charge is 2.05. The van der Waals surface area contributed by atoms with E-state index in [0.29, 0.717) is 0 Å². The molecule has 1 aromatic rings. The lowest BCUT2D eigenvalue weighted by Gasteiger charge is -2.06. The summed E-state index contributed by atoms with van der Waals surface area (Å²) in [5, 5.41) is 2.95. The Morgan fingerprint density at radius 1 is 1.24 bits per heavy atom. The van der Waals surface area contributed by atoms with Crippen molar-refractivity contribution in [1.82, 2.24) is 5.32 Å². The smallest absolute Gasteiger partial charge is 0.247 e. The van der Waals surface area contributed by atoms with Gasteiger partial charge < -0.3 is 5.32 Å². The molecule has 17 heavy (non-hydrogen) atoms.